The highest BCUT2D eigenvalue weighted by molar-refractivity contribution is 5.93. The van der Waals surface area contributed by atoms with Gasteiger partial charge in [-0.1, -0.05) is 13.8 Å². The molecule has 0 saturated carbocycles. The number of pyridine rings is 1. The van der Waals surface area contributed by atoms with Crippen molar-refractivity contribution < 1.29 is 4.74 Å². The van der Waals surface area contributed by atoms with Crippen LogP contribution < -0.4 is 10.5 Å². The minimum atomic E-state index is -0.0377. The molecule has 0 unspecified atom stereocenters. The van der Waals surface area contributed by atoms with E-state index in [1.807, 2.05) is 0 Å². The second kappa shape index (κ2) is 5.34. The molecule has 0 fully saturated rings. The van der Waals surface area contributed by atoms with E-state index in [0.717, 1.165) is 12.2 Å². The van der Waals surface area contributed by atoms with Crippen LogP contribution in [0.5, 0.6) is 5.75 Å². The summed E-state index contributed by atoms with van der Waals surface area (Å²) >= 11 is 0. The zero-order valence-electron chi connectivity index (χ0n) is 9.16. The largest absolute Gasteiger partial charge is 0.493 e. The molecule has 0 amide bonds. The van der Waals surface area contributed by atoms with Crippen LogP contribution in [-0.4, -0.2) is 17.4 Å². The lowest BCUT2D eigenvalue weighted by Gasteiger charge is -2.08. The minimum absolute atomic E-state index is 0.0377. The maximum absolute atomic E-state index is 7.24. The summed E-state index contributed by atoms with van der Waals surface area (Å²) in [6.45, 7) is 4.98. The van der Waals surface area contributed by atoms with E-state index in [1.54, 1.807) is 18.3 Å². The second-order valence-electron chi connectivity index (χ2n) is 3.82. The molecule has 0 spiro atoms. The van der Waals surface area contributed by atoms with Crippen molar-refractivity contribution in [3.63, 3.8) is 0 Å². The number of nitrogens with one attached hydrogen (secondary N) is 1. The highest BCUT2D eigenvalue weighted by Gasteiger charge is 2.01. The summed E-state index contributed by atoms with van der Waals surface area (Å²) < 4.78 is 5.52. The molecule has 0 bridgehead atoms. The Morgan fingerprint density at radius 1 is 1.60 bits per heavy atom. The Kier molecular flexibility index (Phi) is 4.09. The molecule has 15 heavy (non-hydrogen) atoms. The smallest absolute Gasteiger partial charge is 0.141 e. The third-order valence-corrected chi connectivity index (χ3v) is 1.97. The van der Waals surface area contributed by atoms with E-state index in [2.05, 4.69) is 18.8 Å². The lowest BCUT2D eigenvalue weighted by atomic mass is 10.1. The van der Waals surface area contributed by atoms with Gasteiger partial charge in [0.15, 0.2) is 0 Å². The maximum atomic E-state index is 7.24. The molecule has 4 heteroatoms. The van der Waals surface area contributed by atoms with Crippen molar-refractivity contribution in [2.75, 3.05) is 6.61 Å². The van der Waals surface area contributed by atoms with Gasteiger partial charge in [-0.2, -0.15) is 0 Å². The van der Waals surface area contributed by atoms with E-state index in [1.165, 1.54) is 0 Å². The number of hydrogen-bond acceptors (Lipinski definition) is 3. The van der Waals surface area contributed by atoms with Gasteiger partial charge in [-0.05, 0) is 18.4 Å². The van der Waals surface area contributed by atoms with Crippen molar-refractivity contribution >= 4 is 5.84 Å². The zero-order chi connectivity index (χ0) is 11.3. The van der Waals surface area contributed by atoms with E-state index in [4.69, 9.17) is 15.9 Å². The molecular weight excluding hydrogens is 190 g/mol. The summed E-state index contributed by atoms with van der Waals surface area (Å²) in [5.74, 6) is 1.30. The summed E-state index contributed by atoms with van der Waals surface area (Å²) in [5.41, 5.74) is 5.78. The van der Waals surface area contributed by atoms with Crippen LogP contribution in [0.25, 0.3) is 0 Å². The van der Waals surface area contributed by atoms with Gasteiger partial charge in [-0.25, -0.2) is 0 Å². The van der Waals surface area contributed by atoms with Gasteiger partial charge in [0.25, 0.3) is 0 Å². The molecule has 0 aliphatic rings. The highest BCUT2D eigenvalue weighted by atomic mass is 16.5. The predicted molar refractivity (Wildman–Crippen MR) is 60.2 cm³/mol. The lowest BCUT2D eigenvalue weighted by molar-refractivity contribution is 0.289. The Labute approximate surface area is 90.0 Å². The average Bonchev–Trinajstić information content (AvgIpc) is 2.17. The molecule has 0 aromatic carbocycles. The van der Waals surface area contributed by atoms with Crippen LogP contribution in [0.2, 0.25) is 0 Å². The molecule has 1 aromatic rings. The normalized spacial score (nSPS) is 10.3. The number of aromatic nitrogens is 1. The number of hydrogen-bond donors (Lipinski definition) is 2. The van der Waals surface area contributed by atoms with Gasteiger partial charge in [0, 0.05) is 12.3 Å². The summed E-state index contributed by atoms with van der Waals surface area (Å²) in [7, 11) is 0. The summed E-state index contributed by atoms with van der Waals surface area (Å²) in [6.07, 6.45) is 2.61. The van der Waals surface area contributed by atoms with E-state index in [-0.39, 0.29) is 5.84 Å². The maximum Gasteiger partial charge on any atom is 0.141 e. The van der Waals surface area contributed by atoms with E-state index in [0.29, 0.717) is 18.2 Å². The van der Waals surface area contributed by atoms with Crippen LogP contribution in [-0.2, 0) is 0 Å². The summed E-state index contributed by atoms with van der Waals surface area (Å²) in [4.78, 5) is 3.95. The molecule has 4 nitrogen and oxygen atoms in total. The molecule has 3 N–H and O–H groups in total. The fourth-order valence-electron chi connectivity index (χ4n) is 1.06. The Morgan fingerprint density at radius 2 is 2.33 bits per heavy atom. The van der Waals surface area contributed by atoms with Crippen LogP contribution in [0.4, 0.5) is 0 Å². The Balaban J connectivity index is 2.54. The summed E-state index contributed by atoms with van der Waals surface area (Å²) in [5, 5.41) is 7.24. The van der Waals surface area contributed by atoms with Crippen molar-refractivity contribution in [2.24, 2.45) is 11.7 Å². The number of rotatable bonds is 5. The molecule has 82 valence electrons. The molecule has 0 saturated heterocycles. The summed E-state index contributed by atoms with van der Waals surface area (Å²) in [6, 6.07) is 3.45. The first-order chi connectivity index (χ1) is 7.09. The molecular formula is C11H17N3O. The van der Waals surface area contributed by atoms with Crippen molar-refractivity contribution in [3.8, 4) is 5.75 Å². The average molecular weight is 207 g/mol. The standard InChI is InChI=1S/C11H17N3O/c1-8(2)4-6-15-9-3-5-14-10(7-9)11(12)13/h3,5,7-8H,4,6H2,1-2H3,(H3,12,13). The van der Waals surface area contributed by atoms with Crippen molar-refractivity contribution in [2.45, 2.75) is 20.3 Å². The van der Waals surface area contributed by atoms with Gasteiger partial charge in [-0.15, -0.1) is 0 Å². The Morgan fingerprint density at radius 3 is 2.93 bits per heavy atom. The predicted octanol–water partition coefficient (Wildman–Crippen LogP) is 1.79. The highest BCUT2D eigenvalue weighted by Crippen LogP contribution is 2.11. The third kappa shape index (κ3) is 3.97. The molecule has 1 aromatic heterocycles. The zero-order valence-corrected chi connectivity index (χ0v) is 9.16. The van der Waals surface area contributed by atoms with Crippen LogP contribution in [0.3, 0.4) is 0 Å². The van der Waals surface area contributed by atoms with Crippen LogP contribution in [0, 0.1) is 11.3 Å². The van der Waals surface area contributed by atoms with Crippen molar-refractivity contribution in [3.05, 3.63) is 24.0 Å². The van der Waals surface area contributed by atoms with E-state index in [9.17, 15) is 0 Å². The van der Waals surface area contributed by atoms with Crippen LogP contribution in [0.15, 0.2) is 18.3 Å². The van der Waals surface area contributed by atoms with E-state index >= 15 is 0 Å². The van der Waals surface area contributed by atoms with Gasteiger partial charge in [-0.3, -0.25) is 10.4 Å². The first kappa shape index (κ1) is 11.5. The lowest BCUT2D eigenvalue weighted by Crippen LogP contribution is -2.13. The monoisotopic (exact) mass is 207 g/mol. The molecule has 0 aliphatic heterocycles. The molecule has 0 aliphatic carbocycles. The number of nitrogens with two attached hydrogens (primary N) is 1. The Bertz CT molecular complexity index is 336. The number of ether oxygens (including phenoxy) is 1. The van der Waals surface area contributed by atoms with Gasteiger partial charge >= 0.3 is 0 Å². The fourth-order valence-corrected chi connectivity index (χ4v) is 1.06. The molecule has 1 rings (SSSR count). The second-order valence-corrected chi connectivity index (χ2v) is 3.82. The van der Waals surface area contributed by atoms with Crippen LogP contribution >= 0.6 is 0 Å². The third-order valence-electron chi connectivity index (χ3n) is 1.97. The first-order valence-electron chi connectivity index (χ1n) is 5.03. The number of nitrogens with zero attached hydrogens (tertiary/aromatic N) is 1. The van der Waals surface area contributed by atoms with Crippen molar-refractivity contribution in [1.29, 1.82) is 5.41 Å². The van der Waals surface area contributed by atoms with Gasteiger partial charge in [0.2, 0.25) is 0 Å². The number of amidine groups is 1. The number of nitrogen functional groups attached to an aromatic ring is 1. The topological polar surface area (TPSA) is 72.0 Å². The van der Waals surface area contributed by atoms with Gasteiger partial charge in [0.1, 0.15) is 17.3 Å². The fraction of sp³-hybridized carbons (Fsp3) is 0.455. The molecule has 0 atom stereocenters. The SMILES string of the molecule is CC(C)CCOc1ccnc(C(=N)N)c1. The van der Waals surface area contributed by atoms with Crippen LogP contribution in [0.1, 0.15) is 26.0 Å². The minimum Gasteiger partial charge on any atom is -0.493 e. The Hall–Kier alpha value is -1.58. The quantitative estimate of drug-likeness (QED) is 0.571. The van der Waals surface area contributed by atoms with Gasteiger partial charge in [0.05, 0.1) is 6.61 Å². The van der Waals surface area contributed by atoms with Gasteiger partial charge < -0.3 is 10.5 Å². The first-order valence-corrected chi connectivity index (χ1v) is 5.03. The van der Waals surface area contributed by atoms with E-state index < -0.39 is 0 Å². The molecule has 1 heterocycles. The molecule has 0 radical (unpaired) electrons. The van der Waals surface area contributed by atoms with Crippen molar-refractivity contribution in [1.82, 2.24) is 4.98 Å².